The number of unbranched alkanes of at least 4 members (excludes halogenated alkanes) is 5. The van der Waals surface area contributed by atoms with E-state index >= 15 is 0 Å². The van der Waals surface area contributed by atoms with Crippen molar-refractivity contribution in [2.75, 3.05) is 0 Å². The number of carbonyl (C=O) groups excluding carboxylic acids is 1. The van der Waals surface area contributed by atoms with Gasteiger partial charge in [0.2, 0.25) is 0 Å². The van der Waals surface area contributed by atoms with Gasteiger partial charge in [0.25, 0.3) is 0 Å². The Kier molecular flexibility index (Phi) is 8.05. The Labute approximate surface area is 191 Å². The number of hydrogen-bond acceptors (Lipinski definition) is 3. The Balaban J connectivity index is 1.88. The summed E-state index contributed by atoms with van der Waals surface area (Å²) >= 11 is 0. The summed E-state index contributed by atoms with van der Waals surface area (Å²) < 4.78 is 40.4. The molecule has 0 aliphatic rings. The lowest BCUT2D eigenvalue weighted by atomic mass is 10.1. The Morgan fingerprint density at radius 1 is 0.970 bits per heavy atom. The maximum absolute atomic E-state index is 13.0. The van der Waals surface area contributed by atoms with Crippen LogP contribution in [0.25, 0.3) is 16.9 Å². The molecule has 0 saturated carbocycles. The van der Waals surface area contributed by atoms with E-state index in [4.69, 9.17) is 5.26 Å². The van der Waals surface area contributed by atoms with Crippen molar-refractivity contribution in [3.05, 3.63) is 71.4 Å². The number of aromatic nitrogens is 2. The first-order valence-corrected chi connectivity index (χ1v) is 11.1. The van der Waals surface area contributed by atoms with Gasteiger partial charge in [-0.25, -0.2) is 4.68 Å². The number of benzene rings is 2. The number of carbonyl (C=O) groups is 1. The van der Waals surface area contributed by atoms with Crippen molar-refractivity contribution in [3.8, 4) is 23.0 Å². The smallest absolute Gasteiger partial charge is 0.292 e. The average Bonchev–Trinajstić information content (AvgIpc) is 3.26. The molecule has 2 aromatic carbocycles. The summed E-state index contributed by atoms with van der Waals surface area (Å²) in [5.41, 5.74) is 1.71. The molecule has 172 valence electrons. The average molecular weight is 454 g/mol. The van der Waals surface area contributed by atoms with Gasteiger partial charge in [0, 0.05) is 12.0 Å². The summed E-state index contributed by atoms with van der Waals surface area (Å²) in [7, 11) is 0. The van der Waals surface area contributed by atoms with Gasteiger partial charge in [-0.05, 0) is 48.9 Å². The normalized spacial score (nSPS) is 11.4. The highest BCUT2D eigenvalue weighted by Crippen LogP contribution is 2.31. The minimum absolute atomic E-state index is 0.0916. The fourth-order valence-electron chi connectivity index (χ4n) is 3.62. The Hall–Kier alpha value is -3.40. The van der Waals surface area contributed by atoms with Gasteiger partial charge in [-0.3, -0.25) is 4.79 Å². The molecule has 0 saturated heterocycles. The maximum Gasteiger partial charge on any atom is 0.416 e. The monoisotopic (exact) mass is 453 g/mol. The molecule has 7 heteroatoms. The van der Waals surface area contributed by atoms with Gasteiger partial charge in [0.05, 0.1) is 28.6 Å². The molecule has 0 aliphatic heterocycles. The predicted octanol–water partition coefficient (Wildman–Crippen LogP) is 7.36. The van der Waals surface area contributed by atoms with Crippen LogP contribution in [0.15, 0.2) is 54.6 Å². The molecule has 1 aromatic heterocycles. The lowest BCUT2D eigenvalue weighted by Gasteiger charge is -2.10. The van der Waals surface area contributed by atoms with Crippen LogP contribution in [0.4, 0.5) is 13.2 Å². The summed E-state index contributed by atoms with van der Waals surface area (Å²) in [6.07, 6.45) is 2.32. The molecule has 0 atom stereocenters. The van der Waals surface area contributed by atoms with Crippen molar-refractivity contribution >= 4 is 5.78 Å². The lowest BCUT2D eigenvalue weighted by molar-refractivity contribution is -0.137. The zero-order valence-electron chi connectivity index (χ0n) is 18.5. The molecule has 4 nitrogen and oxygen atoms in total. The van der Waals surface area contributed by atoms with Crippen LogP contribution in [0.2, 0.25) is 0 Å². The van der Waals surface area contributed by atoms with Gasteiger partial charge in [-0.1, -0.05) is 51.2 Å². The highest BCUT2D eigenvalue weighted by atomic mass is 19.4. The summed E-state index contributed by atoms with van der Waals surface area (Å²) in [6, 6.07) is 15.2. The van der Waals surface area contributed by atoms with Gasteiger partial charge >= 0.3 is 6.18 Å². The Bertz CT molecular complexity index is 1110. The standard InChI is InChI=1S/C26H26F3N3O/c1-2-3-4-5-6-7-8-25(33)23-17-24(20-11-9-19(18-30)10-12-20)32(31-23)22-15-13-21(14-16-22)26(27,28)29/h9-17H,2-8H2,1H3. The maximum atomic E-state index is 13.0. The third kappa shape index (κ3) is 6.32. The molecule has 0 unspecified atom stereocenters. The molecule has 0 N–H and O–H groups in total. The molecule has 1 heterocycles. The molecule has 0 bridgehead atoms. The van der Waals surface area contributed by atoms with Gasteiger partial charge in [-0.2, -0.15) is 23.5 Å². The molecular formula is C26H26F3N3O. The number of alkyl halides is 3. The molecule has 0 amide bonds. The van der Waals surface area contributed by atoms with Crippen LogP contribution in [-0.4, -0.2) is 15.6 Å². The van der Waals surface area contributed by atoms with Crippen LogP contribution in [0.1, 0.15) is 73.5 Å². The first-order valence-electron chi connectivity index (χ1n) is 11.1. The van der Waals surface area contributed by atoms with Crippen LogP contribution in [0.5, 0.6) is 0 Å². The third-order valence-electron chi connectivity index (χ3n) is 5.50. The number of nitriles is 1. The second kappa shape index (κ2) is 11.0. The fourth-order valence-corrected chi connectivity index (χ4v) is 3.62. The van der Waals surface area contributed by atoms with Crippen molar-refractivity contribution in [1.29, 1.82) is 5.26 Å². The van der Waals surface area contributed by atoms with Crippen molar-refractivity contribution < 1.29 is 18.0 Å². The van der Waals surface area contributed by atoms with E-state index in [0.717, 1.165) is 37.8 Å². The van der Waals surface area contributed by atoms with E-state index < -0.39 is 11.7 Å². The lowest BCUT2D eigenvalue weighted by Crippen LogP contribution is -2.06. The quantitative estimate of drug-likeness (QED) is 0.238. The SMILES string of the molecule is CCCCCCCCC(=O)c1cc(-c2ccc(C#N)cc2)n(-c2ccc(C(F)(F)F)cc2)n1. The fraction of sp³-hybridized carbons (Fsp3) is 0.346. The van der Waals surface area contributed by atoms with Crippen LogP contribution < -0.4 is 0 Å². The van der Waals surface area contributed by atoms with E-state index in [-0.39, 0.29) is 11.5 Å². The summed E-state index contributed by atoms with van der Waals surface area (Å²) in [6.45, 7) is 2.15. The van der Waals surface area contributed by atoms with E-state index in [1.165, 1.54) is 29.7 Å². The highest BCUT2D eigenvalue weighted by Gasteiger charge is 2.30. The van der Waals surface area contributed by atoms with Crippen molar-refractivity contribution in [3.63, 3.8) is 0 Å². The zero-order chi connectivity index (χ0) is 23.8. The minimum atomic E-state index is -4.43. The summed E-state index contributed by atoms with van der Waals surface area (Å²) in [5.74, 6) is -0.0916. The minimum Gasteiger partial charge on any atom is -0.292 e. The zero-order valence-corrected chi connectivity index (χ0v) is 18.5. The molecule has 0 radical (unpaired) electrons. The van der Waals surface area contributed by atoms with Gasteiger partial charge < -0.3 is 0 Å². The Morgan fingerprint density at radius 2 is 1.61 bits per heavy atom. The van der Waals surface area contributed by atoms with Crippen molar-refractivity contribution in [2.45, 2.75) is 58.0 Å². The molecule has 0 spiro atoms. The molecule has 33 heavy (non-hydrogen) atoms. The van der Waals surface area contributed by atoms with Crippen LogP contribution >= 0.6 is 0 Å². The van der Waals surface area contributed by atoms with Crippen LogP contribution in [0, 0.1) is 11.3 Å². The van der Waals surface area contributed by atoms with E-state index in [0.29, 0.717) is 28.9 Å². The number of ketones is 1. The molecule has 0 aliphatic carbocycles. The molecule has 3 aromatic rings. The predicted molar refractivity (Wildman–Crippen MR) is 121 cm³/mol. The molecule has 0 fully saturated rings. The number of rotatable bonds is 10. The van der Waals surface area contributed by atoms with Gasteiger partial charge in [-0.15, -0.1) is 0 Å². The van der Waals surface area contributed by atoms with Gasteiger partial charge in [0.1, 0.15) is 5.69 Å². The number of halogens is 3. The van der Waals surface area contributed by atoms with Crippen molar-refractivity contribution in [2.24, 2.45) is 0 Å². The topological polar surface area (TPSA) is 58.7 Å². The highest BCUT2D eigenvalue weighted by molar-refractivity contribution is 5.95. The second-order valence-corrected chi connectivity index (χ2v) is 8.00. The summed E-state index contributed by atoms with van der Waals surface area (Å²) in [4.78, 5) is 12.8. The largest absolute Gasteiger partial charge is 0.416 e. The molecule has 3 rings (SSSR count). The van der Waals surface area contributed by atoms with Gasteiger partial charge in [0.15, 0.2) is 5.78 Å². The third-order valence-corrected chi connectivity index (χ3v) is 5.50. The summed E-state index contributed by atoms with van der Waals surface area (Å²) in [5, 5.41) is 13.5. The van der Waals surface area contributed by atoms with E-state index in [2.05, 4.69) is 18.1 Å². The number of Topliss-reactive ketones (excluding diaryl/α,β-unsaturated/α-hetero) is 1. The van der Waals surface area contributed by atoms with Crippen molar-refractivity contribution in [1.82, 2.24) is 9.78 Å². The van der Waals surface area contributed by atoms with E-state index in [1.807, 2.05) is 0 Å². The van der Waals surface area contributed by atoms with Crippen LogP contribution in [0.3, 0.4) is 0 Å². The second-order valence-electron chi connectivity index (χ2n) is 8.00. The first kappa shape index (κ1) is 24.2. The number of nitrogens with zero attached hydrogens (tertiary/aromatic N) is 3. The van der Waals surface area contributed by atoms with Crippen LogP contribution in [-0.2, 0) is 6.18 Å². The van der Waals surface area contributed by atoms with E-state index in [1.54, 1.807) is 30.3 Å². The first-order chi connectivity index (χ1) is 15.8. The Morgan fingerprint density at radius 3 is 2.21 bits per heavy atom. The number of hydrogen-bond donors (Lipinski definition) is 0. The van der Waals surface area contributed by atoms with E-state index in [9.17, 15) is 18.0 Å². The molecular weight excluding hydrogens is 427 g/mol.